The predicted octanol–water partition coefficient (Wildman–Crippen LogP) is 3.85. The number of nitrogens with zero attached hydrogens (tertiary/aromatic N) is 5. The minimum Gasteiger partial charge on any atom is -0.402 e. The predicted molar refractivity (Wildman–Crippen MR) is 144 cm³/mol. The fourth-order valence-corrected chi connectivity index (χ4v) is 5.07. The molecule has 1 aromatic heterocycles. The second kappa shape index (κ2) is 10.4. The topological polar surface area (TPSA) is 90.9 Å². The van der Waals surface area contributed by atoms with Crippen molar-refractivity contribution >= 4 is 11.7 Å². The van der Waals surface area contributed by atoms with Crippen molar-refractivity contribution in [3.8, 4) is 11.4 Å². The molecule has 2 aromatic rings. The monoisotopic (exact) mass is 476 g/mol. The standard InChI is InChI=1S/C28H40N6O/c1-17(2)22(29)14-25(30-6)33-12-10-23-21(16-33)28(34-13-11-24(35)20(5)15-34)32-27(31-23)26-18(3)8-7-9-19(26)4/h7-9,14,17,20,24,35H,10-13,15-16,29H2,1-6H3. The molecule has 0 radical (unpaired) electrons. The molecule has 35 heavy (non-hydrogen) atoms. The van der Waals surface area contributed by atoms with Crippen LogP contribution in [-0.4, -0.2) is 58.6 Å². The van der Waals surface area contributed by atoms with E-state index < -0.39 is 0 Å². The van der Waals surface area contributed by atoms with E-state index in [0.717, 1.165) is 72.5 Å². The number of piperidine rings is 1. The number of aromatic nitrogens is 2. The highest BCUT2D eigenvalue weighted by atomic mass is 16.3. The Bertz CT molecular complexity index is 1120. The third-order valence-electron chi connectivity index (χ3n) is 7.42. The van der Waals surface area contributed by atoms with Crippen LogP contribution in [-0.2, 0) is 13.0 Å². The van der Waals surface area contributed by atoms with Crippen LogP contribution in [0.25, 0.3) is 11.4 Å². The minimum absolute atomic E-state index is 0.194. The van der Waals surface area contributed by atoms with Gasteiger partial charge in [0.05, 0.1) is 11.8 Å². The van der Waals surface area contributed by atoms with Crippen molar-refractivity contribution in [2.24, 2.45) is 22.6 Å². The van der Waals surface area contributed by atoms with Crippen molar-refractivity contribution in [1.29, 1.82) is 0 Å². The summed E-state index contributed by atoms with van der Waals surface area (Å²) in [6, 6.07) is 6.34. The van der Waals surface area contributed by atoms with Crippen LogP contribution in [0.15, 0.2) is 35.0 Å². The molecule has 0 saturated carbocycles. The largest absolute Gasteiger partial charge is 0.402 e. The number of aliphatic hydroxyl groups excluding tert-OH is 1. The lowest BCUT2D eigenvalue weighted by atomic mass is 9.95. The molecule has 0 amide bonds. The first-order valence-electron chi connectivity index (χ1n) is 12.8. The summed E-state index contributed by atoms with van der Waals surface area (Å²) in [5, 5.41) is 10.4. The Morgan fingerprint density at radius 2 is 1.91 bits per heavy atom. The average Bonchev–Trinajstić information content (AvgIpc) is 2.83. The van der Waals surface area contributed by atoms with Gasteiger partial charge in [0.1, 0.15) is 11.7 Å². The van der Waals surface area contributed by atoms with Gasteiger partial charge in [-0.05, 0) is 49.3 Å². The van der Waals surface area contributed by atoms with Gasteiger partial charge in [0.25, 0.3) is 0 Å². The zero-order valence-corrected chi connectivity index (χ0v) is 22.0. The van der Waals surface area contributed by atoms with Crippen molar-refractivity contribution in [2.45, 2.75) is 60.1 Å². The van der Waals surface area contributed by atoms with E-state index in [9.17, 15) is 5.11 Å². The van der Waals surface area contributed by atoms with Gasteiger partial charge in [0, 0.05) is 56.5 Å². The Morgan fingerprint density at radius 1 is 1.20 bits per heavy atom. The molecule has 188 valence electrons. The number of hydrogen-bond donors (Lipinski definition) is 2. The van der Waals surface area contributed by atoms with E-state index in [4.69, 9.17) is 15.7 Å². The Hall–Kier alpha value is -2.93. The minimum atomic E-state index is -0.263. The molecule has 1 saturated heterocycles. The molecule has 0 aliphatic carbocycles. The lowest BCUT2D eigenvalue weighted by molar-refractivity contribution is 0.0968. The molecule has 0 bridgehead atoms. The van der Waals surface area contributed by atoms with E-state index in [1.807, 2.05) is 13.1 Å². The lowest BCUT2D eigenvalue weighted by Gasteiger charge is -2.38. The fraction of sp³-hybridized carbons (Fsp3) is 0.536. The summed E-state index contributed by atoms with van der Waals surface area (Å²) in [7, 11) is 1.82. The van der Waals surface area contributed by atoms with Gasteiger partial charge in [-0.2, -0.15) is 0 Å². The van der Waals surface area contributed by atoms with Crippen molar-refractivity contribution in [2.75, 3.05) is 31.6 Å². The molecule has 1 fully saturated rings. The number of rotatable bonds is 4. The maximum absolute atomic E-state index is 10.4. The second-order valence-electron chi connectivity index (χ2n) is 10.4. The third kappa shape index (κ3) is 5.20. The van der Waals surface area contributed by atoms with E-state index in [2.05, 4.69) is 67.6 Å². The summed E-state index contributed by atoms with van der Waals surface area (Å²) < 4.78 is 0. The molecule has 7 heteroatoms. The molecular weight excluding hydrogens is 436 g/mol. The van der Waals surface area contributed by atoms with E-state index in [1.165, 1.54) is 11.1 Å². The molecule has 3 heterocycles. The number of hydrogen-bond acceptors (Lipinski definition) is 6. The van der Waals surface area contributed by atoms with Crippen LogP contribution in [0.5, 0.6) is 0 Å². The SMILES string of the molecule is CN=C(C=C(N)C(C)C)N1CCc2nc(-c3c(C)cccc3C)nc(N3CCC(O)C(C)C3)c2C1. The lowest BCUT2D eigenvalue weighted by Crippen LogP contribution is -2.44. The quantitative estimate of drug-likeness (QED) is 0.515. The van der Waals surface area contributed by atoms with E-state index in [-0.39, 0.29) is 17.9 Å². The van der Waals surface area contributed by atoms with E-state index in [0.29, 0.717) is 6.54 Å². The Labute approximate surface area is 209 Å². The molecular formula is C28H40N6O. The number of allylic oxidation sites excluding steroid dienone is 1. The van der Waals surface area contributed by atoms with Crippen LogP contribution < -0.4 is 10.6 Å². The zero-order valence-electron chi connectivity index (χ0n) is 22.0. The Kier molecular flexibility index (Phi) is 7.45. The molecule has 1 aromatic carbocycles. The number of fused-ring (bicyclic) bond motifs is 1. The van der Waals surface area contributed by atoms with Crippen LogP contribution in [0.2, 0.25) is 0 Å². The Morgan fingerprint density at radius 3 is 2.54 bits per heavy atom. The number of aryl methyl sites for hydroxylation is 2. The van der Waals surface area contributed by atoms with Gasteiger partial charge in [0.15, 0.2) is 5.82 Å². The summed E-state index contributed by atoms with van der Waals surface area (Å²) in [6.45, 7) is 13.7. The first-order chi connectivity index (χ1) is 16.7. The van der Waals surface area contributed by atoms with Crippen LogP contribution >= 0.6 is 0 Å². The number of nitrogens with two attached hydrogens (primary N) is 1. The molecule has 4 rings (SSSR count). The fourth-order valence-electron chi connectivity index (χ4n) is 5.07. The number of aliphatic imine (C=N–C) groups is 1. The van der Waals surface area contributed by atoms with E-state index >= 15 is 0 Å². The van der Waals surface area contributed by atoms with Crippen molar-refractivity contribution < 1.29 is 5.11 Å². The highest BCUT2D eigenvalue weighted by molar-refractivity contribution is 5.93. The molecule has 2 aliphatic rings. The van der Waals surface area contributed by atoms with Crippen LogP contribution in [0.3, 0.4) is 0 Å². The molecule has 2 aliphatic heterocycles. The van der Waals surface area contributed by atoms with Gasteiger partial charge in [-0.25, -0.2) is 9.97 Å². The zero-order chi connectivity index (χ0) is 25.3. The number of benzene rings is 1. The van der Waals surface area contributed by atoms with Crippen molar-refractivity contribution in [3.63, 3.8) is 0 Å². The highest BCUT2D eigenvalue weighted by Gasteiger charge is 2.31. The number of aliphatic hydroxyl groups is 1. The number of amidine groups is 1. The van der Waals surface area contributed by atoms with Gasteiger partial charge in [-0.15, -0.1) is 0 Å². The first kappa shape index (κ1) is 25.2. The highest BCUT2D eigenvalue weighted by Crippen LogP contribution is 2.34. The van der Waals surface area contributed by atoms with Gasteiger partial charge in [0.2, 0.25) is 0 Å². The molecule has 2 unspecified atom stereocenters. The van der Waals surface area contributed by atoms with Gasteiger partial charge >= 0.3 is 0 Å². The van der Waals surface area contributed by atoms with Gasteiger partial charge in [-0.3, -0.25) is 4.99 Å². The maximum atomic E-state index is 10.4. The van der Waals surface area contributed by atoms with Gasteiger partial charge in [-0.1, -0.05) is 39.0 Å². The summed E-state index contributed by atoms with van der Waals surface area (Å²) in [5.41, 5.74) is 12.9. The van der Waals surface area contributed by atoms with E-state index in [1.54, 1.807) is 0 Å². The normalized spacial score (nSPS) is 21.5. The van der Waals surface area contributed by atoms with Crippen LogP contribution in [0.4, 0.5) is 5.82 Å². The Balaban J connectivity index is 1.79. The van der Waals surface area contributed by atoms with Crippen LogP contribution in [0.1, 0.15) is 49.6 Å². The summed E-state index contributed by atoms with van der Waals surface area (Å²) in [6.07, 6.45) is 3.31. The summed E-state index contributed by atoms with van der Waals surface area (Å²) in [4.78, 5) is 19.5. The smallest absolute Gasteiger partial charge is 0.162 e. The van der Waals surface area contributed by atoms with Crippen LogP contribution in [0, 0.1) is 25.7 Å². The second-order valence-corrected chi connectivity index (χ2v) is 10.4. The average molecular weight is 477 g/mol. The van der Waals surface area contributed by atoms with Crippen molar-refractivity contribution in [1.82, 2.24) is 14.9 Å². The molecule has 0 spiro atoms. The molecule has 3 N–H and O–H groups in total. The first-order valence-corrected chi connectivity index (χ1v) is 12.8. The van der Waals surface area contributed by atoms with Crippen molar-refractivity contribution in [3.05, 3.63) is 52.4 Å². The molecule has 2 atom stereocenters. The molecule has 7 nitrogen and oxygen atoms in total. The maximum Gasteiger partial charge on any atom is 0.162 e. The summed E-state index contributed by atoms with van der Waals surface area (Å²) in [5.74, 6) is 3.15. The number of anilines is 1. The third-order valence-corrected chi connectivity index (χ3v) is 7.42. The summed E-state index contributed by atoms with van der Waals surface area (Å²) >= 11 is 0. The van der Waals surface area contributed by atoms with Gasteiger partial charge < -0.3 is 20.6 Å².